The lowest BCUT2D eigenvalue weighted by Crippen LogP contribution is -2.40. The number of imidazole rings is 1. The largest absolute Gasteiger partial charge is 0.573 e. The summed E-state index contributed by atoms with van der Waals surface area (Å²) in [6, 6.07) is 13.9. The lowest BCUT2D eigenvalue weighted by molar-refractivity contribution is -0.274. The van der Waals surface area contributed by atoms with Crippen LogP contribution in [0.1, 0.15) is 41.8 Å². The van der Waals surface area contributed by atoms with Crippen LogP contribution < -0.4 is 16.0 Å². The van der Waals surface area contributed by atoms with E-state index >= 15 is 0 Å². The number of aliphatic hydroxyl groups is 1. The minimum absolute atomic E-state index is 0.0973. The molecule has 0 bridgehead atoms. The van der Waals surface area contributed by atoms with Gasteiger partial charge in [-0.25, -0.2) is 9.78 Å². The highest BCUT2D eigenvalue weighted by atomic mass is 19.4. The van der Waals surface area contributed by atoms with Crippen molar-refractivity contribution in [3.63, 3.8) is 0 Å². The molecule has 4 rings (SSSR count). The second kappa shape index (κ2) is 11.9. The number of benzene rings is 2. The predicted octanol–water partition coefficient (Wildman–Crippen LogP) is 4.10. The van der Waals surface area contributed by atoms with Gasteiger partial charge in [0.05, 0.1) is 0 Å². The minimum atomic E-state index is -4.74. The molecule has 11 heteroatoms. The summed E-state index contributed by atoms with van der Waals surface area (Å²) < 4.78 is 46.0. The zero-order valence-corrected chi connectivity index (χ0v) is 21.9. The number of fused-ring (bicyclic) bond motifs is 1. The Balaban J connectivity index is 1.61. The topological polar surface area (TPSA) is 91.3 Å². The Bertz CT molecular complexity index is 1550. The number of rotatable bonds is 11. The van der Waals surface area contributed by atoms with Crippen molar-refractivity contribution < 1.29 is 23.0 Å². The van der Waals surface area contributed by atoms with Gasteiger partial charge < -0.3 is 14.4 Å². The first-order valence-electron chi connectivity index (χ1n) is 12.8. The summed E-state index contributed by atoms with van der Waals surface area (Å²) >= 11 is 0. The average Bonchev–Trinajstić information content (AvgIpc) is 3.24. The number of alkyl halides is 3. The van der Waals surface area contributed by atoms with Crippen molar-refractivity contribution in [3.05, 3.63) is 91.9 Å². The maximum atomic E-state index is 13.4. The van der Waals surface area contributed by atoms with Crippen molar-refractivity contribution in [2.24, 2.45) is 7.05 Å². The van der Waals surface area contributed by atoms with Crippen LogP contribution in [0.2, 0.25) is 0 Å². The molecule has 0 unspecified atom stereocenters. The van der Waals surface area contributed by atoms with Gasteiger partial charge in [0.2, 0.25) is 0 Å². The SMILES string of the molecule is Cc1ccc(Cn2c(CCCCc3cccc(OC(F)(F)F)c3)nc3c2c(=O)n(CCCO)c(=O)n3C)cc1. The van der Waals surface area contributed by atoms with Gasteiger partial charge in [0.15, 0.2) is 11.2 Å². The van der Waals surface area contributed by atoms with Crippen LogP contribution in [0.5, 0.6) is 5.75 Å². The van der Waals surface area contributed by atoms with Crippen LogP contribution in [-0.4, -0.2) is 36.8 Å². The summed E-state index contributed by atoms with van der Waals surface area (Å²) in [5, 5.41) is 9.24. The number of aliphatic hydroxyl groups excluding tert-OH is 1. The fraction of sp³-hybridized carbons (Fsp3) is 0.393. The molecule has 8 nitrogen and oxygen atoms in total. The zero-order chi connectivity index (χ0) is 28.2. The molecule has 2 aromatic heterocycles. The van der Waals surface area contributed by atoms with Crippen LogP contribution in [0.15, 0.2) is 58.1 Å². The van der Waals surface area contributed by atoms with Gasteiger partial charge in [-0.3, -0.25) is 13.9 Å². The lowest BCUT2D eigenvalue weighted by Gasteiger charge is -2.12. The van der Waals surface area contributed by atoms with E-state index in [9.17, 15) is 27.9 Å². The molecule has 0 spiro atoms. The number of nitrogens with zero attached hydrogens (tertiary/aromatic N) is 4. The van der Waals surface area contributed by atoms with Crippen molar-refractivity contribution in [3.8, 4) is 5.75 Å². The number of aryl methyl sites for hydroxylation is 4. The number of ether oxygens (including phenoxy) is 1. The van der Waals surface area contributed by atoms with Crippen LogP contribution in [-0.2, 0) is 33.0 Å². The van der Waals surface area contributed by atoms with E-state index in [0.29, 0.717) is 49.2 Å². The van der Waals surface area contributed by atoms with Gasteiger partial charge in [-0.05, 0) is 55.9 Å². The normalized spacial score (nSPS) is 11.8. The van der Waals surface area contributed by atoms with Crippen molar-refractivity contribution >= 4 is 11.2 Å². The molecular formula is C28H31F3N4O4. The third kappa shape index (κ3) is 6.78. The lowest BCUT2D eigenvalue weighted by atomic mass is 10.1. The number of hydrogen-bond acceptors (Lipinski definition) is 5. The Morgan fingerprint density at radius 1 is 0.949 bits per heavy atom. The quantitative estimate of drug-likeness (QED) is 0.287. The Morgan fingerprint density at radius 3 is 2.36 bits per heavy atom. The molecule has 0 amide bonds. The van der Waals surface area contributed by atoms with Gasteiger partial charge >= 0.3 is 12.1 Å². The highest BCUT2D eigenvalue weighted by molar-refractivity contribution is 5.71. The predicted molar refractivity (Wildman–Crippen MR) is 141 cm³/mol. The Morgan fingerprint density at radius 2 is 1.67 bits per heavy atom. The van der Waals surface area contributed by atoms with Crippen molar-refractivity contribution in [2.75, 3.05) is 6.61 Å². The van der Waals surface area contributed by atoms with E-state index in [-0.39, 0.29) is 25.3 Å². The van der Waals surface area contributed by atoms with E-state index in [4.69, 9.17) is 0 Å². The number of halogens is 3. The zero-order valence-electron chi connectivity index (χ0n) is 21.9. The molecule has 0 aliphatic rings. The number of aromatic nitrogens is 4. The molecule has 1 N–H and O–H groups in total. The first-order valence-corrected chi connectivity index (χ1v) is 12.8. The maximum absolute atomic E-state index is 13.4. The molecule has 0 aliphatic heterocycles. The highest BCUT2D eigenvalue weighted by Crippen LogP contribution is 2.24. The molecule has 39 heavy (non-hydrogen) atoms. The fourth-order valence-electron chi connectivity index (χ4n) is 4.59. The van der Waals surface area contributed by atoms with E-state index in [1.54, 1.807) is 13.1 Å². The monoisotopic (exact) mass is 544 g/mol. The Kier molecular flexibility index (Phi) is 8.59. The van der Waals surface area contributed by atoms with Crippen LogP contribution in [0.25, 0.3) is 11.2 Å². The molecule has 0 atom stereocenters. The molecule has 2 aromatic carbocycles. The molecule has 0 saturated heterocycles. The Hall–Kier alpha value is -3.86. The number of hydrogen-bond donors (Lipinski definition) is 1. The molecule has 0 saturated carbocycles. The average molecular weight is 545 g/mol. The summed E-state index contributed by atoms with van der Waals surface area (Å²) in [5.74, 6) is 0.394. The molecule has 208 valence electrons. The molecule has 2 heterocycles. The summed E-state index contributed by atoms with van der Waals surface area (Å²) in [4.78, 5) is 31.0. The molecule has 0 fully saturated rings. The summed E-state index contributed by atoms with van der Waals surface area (Å²) in [6.45, 7) is 2.33. The second-order valence-electron chi connectivity index (χ2n) is 9.55. The van der Waals surface area contributed by atoms with Crippen molar-refractivity contribution in [2.45, 2.75) is 58.5 Å². The van der Waals surface area contributed by atoms with Crippen LogP contribution >= 0.6 is 0 Å². The number of unbranched alkanes of at least 4 members (excludes halogenated alkanes) is 1. The van der Waals surface area contributed by atoms with Gasteiger partial charge in [0.1, 0.15) is 11.6 Å². The van der Waals surface area contributed by atoms with Crippen LogP contribution in [0.4, 0.5) is 13.2 Å². The van der Waals surface area contributed by atoms with Gasteiger partial charge in [-0.1, -0.05) is 42.0 Å². The smallest absolute Gasteiger partial charge is 0.406 e. The molecule has 0 aliphatic carbocycles. The molecular weight excluding hydrogens is 513 g/mol. The summed E-state index contributed by atoms with van der Waals surface area (Å²) in [7, 11) is 1.57. The Labute approximate surface area is 222 Å². The first-order chi connectivity index (χ1) is 18.6. The van der Waals surface area contributed by atoms with Gasteiger partial charge in [-0.15, -0.1) is 13.2 Å². The van der Waals surface area contributed by atoms with E-state index < -0.39 is 17.6 Å². The van der Waals surface area contributed by atoms with Gasteiger partial charge in [0, 0.05) is 33.2 Å². The highest BCUT2D eigenvalue weighted by Gasteiger charge is 2.31. The molecule has 4 aromatic rings. The van der Waals surface area contributed by atoms with Crippen molar-refractivity contribution in [1.82, 2.24) is 18.7 Å². The third-order valence-corrected chi connectivity index (χ3v) is 6.56. The summed E-state index contributed by atoms with van der Waals surface area (Å²) in [6.07, 6.45) is -2.10. The van der Waals surface area contributed by atoms with E-state index in [1.807, 2.05) is 35.8 Å². The van der Waals surface area contributed by atoms with Crippen LogP contribution in [0, 0.1) is 6.92 Å². The van der Waals surface area contributed by atoms with Gasteiger partial charge in [0.25, 0.3) is 5.56 Å². The van der Waals surface area contributed by atoms with E-state index in [0.717, 1.165) is 21.3 Å². The second-order valence-corrected chi connectivity index (χ2v) is 9.55. The van der Waals surface area contributed by atoms with E-state index in [1.165, 1.54) is 22.8 Å². The first kappa shape index (κ1) is 28.2. The maximum Gasteiger partial charge on any atom is 0.573 e. The van der Waals surface area contributed by atoms with Gasteiger partial charge in [-0.2, -0.15) is 0 Å². The van der Waals surface area contributed by atoms with E-state index in [2.05, 4.69) is 9.72 Å². The summed E-state index contributed by atoms with van der Waals surface area (Å²) in [5.41, 5.74) is 2.47. The standard InChI is InChI=1S/C28H31F3N4O4/c1-19-11-13-21(14-12-19)18-35-23(10-4-3-7-20-8-5-9-22(17-20)39-28(29,30)31)32-25-24(35)26(37)34(15-6-16-36)27(38)33(25)2/h5,8-9,11-14,17,36H,3-4,6-7,10,15-16,18H2,1-2H3. The molecule has 0 radical (unpaired) electrons. The minimum Gasteiger partial charge on any atom is -0.406 e. The van der Waals surface area contributed by atoms with Crippen molar-refractivity contribution in [1.29, 1.82) is 0 Å². The van der Waals surface area contributed by atoms with Crippen LogP contribution in [0.3, 0.4) is 0 Å². The fourth-order valence-corrected chi connectivity index (χ4v) is 4.59. The third-order valence-electron chi connectivity index (χ3n) is 6.56.